The summed E-state index contributed by atoms with van der Waals surface area (Å²) in [5.41, 5.74) is 0.667. The van der Waals surface area contributed by atoms with E-state index in [0.717, 1.165) is 8.96 Å². The highest BCUT2D eigenvalue weighted by molar-refractivity contribution is 14.1. The number of fused-ring (bicyclic) bond motifs is 1. The van der Waals surface area contributed by atoms with Crippen LogP contribution in [-0.2, 0) is 4.74 Å². The quantitative estimate of drug-likeness (QED) is 0.592. The molecule has 102 valence electrons. The van der Waals surface area contributed by atoms with Gasteiger partial charge in [-0.3, -0.25) is 0 Å². The molecule has 0 aromatic carbocycles. The lowest BCUT2D eigenvalue weighted by Gasteiger charge is -2.14. The first-order valence-electron chi connectivity index (χ1n) is 5.72. The van der Waals surface area contributed by atoms with Crippen molar-refractivity contribution in [3.05, 3.63) is 21.2 Å². The topological polar surface area (TPSA) is 80.4 Å². The van der Waals surface area contributed by atoms with Gasteiger partial charge >= 0.3 is 0 Å². The van der Waals surface area contributed by atoms with Crippen molar-refractivity contribution in [3.8, 4) is 0 Å². The molecule has 0 saturated carbocycles. The zero-order valence-corrected chi connectivity index (χ0v) is 12.6. The van der Waals surface area contributed by atoms with Crippen LogP contribution in [0.15, 0.2) is 12.5 Å². The van der Waals surface area contributed by atoms with E-state index in [-0.39, 0.29) is 12.8 Å². The molecule has 0 bridgehead atoms. The van der Waals surface area contributed by atoms with Crippen molar-refractivity contribution in [1.29, 1.82) is 0 Å². The molecule has 8 heteroatoms. The predicted octanol–water partition coefficient (Wildman–Crippen LogP) is 1.33. The highest BCUT2D eigenvalue weighted by atomic mass is 127. The Labute approximate surface area is 127 Å². The number of ether oxygens (including phenoxy) is 1. The highest BCUT2D eigenvalue weighted by Gasteiger charge is 2.35. The van der Waals surface area contributed by atoms with Crippen LogP contribution >= 0.6 is 34.2 Å². The Kier molecular flexibility index (Phi) is 3.65. The second kappa shape index (κ2) is 5.13. The fourth-order valence-corrected chi connectivity index (χ4v) is 3.46. The maximum absolute atomic E-state index is 9.80. The van der Waals surface area contributed by atoms with Gasteiger partial charge in [0.2, 0.25) is 0 Å². The van der Waals surface area contributed by atoms with Crippen LogP contribution in [0.4, 0.5) is 0 Å². The molecule has 6 nitrogen and oxygen atoms in total. The average molecular weight is 396 g/mol. The normalized spacial score (nSPS) is 27.3. The van der Waals surface area contributed by atoms with E-state index in [0.29, 0.717) is 17.2 Å². The summed E-state index contributed by atoms with van der Waals surface area (Å²) in [6, 6.07) is 0. The number of aliphatic hydroxyl groups is 2. The fourth-order valence-electron chi connectivity index (χ4n) is 2.27. The molecule has 3 atom stereocenters. The largest absolute Gasteiger partial charge is 0.394 e. The minimum atomic E-state index is -0.678. The van der Waals surface area contributed by atoms with Crippen molar-refractivity contribution >= 4 is 45.2 Å². The maximum atomic E-state index is 9.80. The van der Waals surface area contributed by atoms with E-state index in [4.69, 9.17) is 21.4 Å². The summed E-state index contributed by atoms with van der Waals surface area (Å²) >= 11 is 8.23. The Balaban J connectivity index is 2.05. The third-order valence-electron chi connectivity index (χ3n) is 3.21. The van der Waals surface area contributed by atoms with Crippen LogP contribution in [0.25, 0.3) is 11.0 Å². The molecule has 19 heavy (non-hydrogen) atoms. The van der Waals surface area contributed by atoms with Crippen LogP contribution in [0, 0.1) is 3.57 Å². The van der Waals surface area contributed by atoms with Crippen LogP contribution in [-0.4, -0.2) is 43.6 Å². The van der Waals surface area contributed by atoms with Gasteiger partial charge in [-0.25, -0.2) is 9.97 Å². The molecule has 0 aliphatic carbocycles. The van der Waals surface area contributed by atoms with Gasteiger partial charge in [0.1, 0.15) is 29.5 Å². The van der Waals surface area contributed by atoms with Gasteiger partial charge in [0.15, 0.2) is 0 Å². The SMILES string of the molecule is OC[C@H]1OC(n2cc(I)c3c(Cl)ncnc32)C[C@@H]1O. The molecule has 1 fully saturated rings. The molecule has 0 radical (unpaired) electrons. The van der Waals surface area contributed by atoms with Crippen LogP contribution in [0.5, 0.6) is 0 Å². The lowest BCUT2D eigenvalue weighted by atomic mass is 10.2. The standard InChI is InChI=1S/C11H11ClIN3O3/c12-10-9-5(13)2-16(11(9)15-4-14-10)8-1-6(18)7(3-17)19-8/h2,4,6-8,17-18H,1,3H2/t6-,7+,8?/m0/s1. The van der Waals surface area contributed by atoms with Crippen LogP contribution in [0.2, 0.25) is 5.15 Å². The minimum absolute atomic E-state index is 0.205. The van der Waals surface area contributed by atoms with Crippen molar-refractivity contribution in [1.82, 2.24) is 14.5 Å². The molecule has 2 aromatic rings. The van der Waals surface area contributed by atoms with E-state index >= 15 is 0 Å². The average Bonchev–Trinajstić information content (AvgIpc) is 2.91. The Hall–Kier alpha value is -0.480. The third kappa shape index (κ3) is 2.23. The van der Waals surface area contributed by atoms with Gasteiger partial charge in [-0.2, -0.15) is 0 Å². The number of aliphatic hydroxyl groups excluding tert-OH is 2. The first-order valence-corrected chi connectivity index (χ1v) is 7.18. The second-order valence-electron chi connectivity index (χ2n) is 4.36. The summed E-state index contributed by atoms with van der Waals surface area (Å²) in [6.07, 6.45) is 2.07. The van der Waals surface area contributed by atoms with Gasteiger partial charge in [0.05, 0.1) is 18.1 Å². The molecule has 1 aliphatic heterocycles. The summed E-state index contributed by atoms with van der Waals surface area (Å²) in [4.78, 5) is 8.18. The Bertz CT molecular complexity index is 620. The highest BCUT2D eigenvalue weighted by Crippen LogP contribution is 2.34. The van der Waals surface area contributed by atoms with Crippen LogP contribution in [0.1, 0.15) is 12.6 Å². The molecule has 1 saturated heterocycles. The maximum Gasteiger partial charge on any atom is 0.148 e. The lowest BCUT2D eigenvalue weighted by molar-refractivity contribution is -0.0430. The molecule has 0 spiro atoms. The minimum Gasteiger partial charge on any atom is -0.394 e. The van der Waals surface area contributed by atoms with Gasteiger partial charge < -0.3 is 19.5 Å². The first-order chi connectivity index (χ1) is 9.11. The number of hydrogen-bond donors (Lipinski definition) is 2. The fraction of sp³-hybridized carbons (Fsp3) is 0.455. The number of hydrogen-bond acceptors (Lipinski definition) is 5. The molecule has 3 rings (SSSR count). The molecule has 2 aromatic heterocycles. The number of nitrogens with zero attached hydrogens (tertiary/aromatic N) is 3. The zero-order valence-electron chi connectivity index (χ0n) is 9.70. The predicted molar refractivity (Wildman–Crippen MR) is 76.9 cm³/mol. The molecule has 2 N–H and O–H groups in total. The van der Waals surface area contributed by atoms with E-state index in [2.05, 4.69) is 32.6 Å². The summed E-state index contributed by atoms with van der Waals surface area (Å²) < 4.78 is 8.37. The Morgan fingerprint density at radius 3 is 3.00 bits per heavy atom. The summed E-state index contributed by atoms with van der Waals surface area (Å²) in [5, 5.41) is 20.1. The van der Waals surface area contributed by atoms with Gasteiger partial charge in [-0.05, 0) is 22.6 Å². The lowest BCUT2D eigenvalue weighted by Crippen LogP contribution is -2.24. The summed E-state index contributed by atoms with van der Waals surface area (Å²) in [5.74, 6) is 0. The molecule has 3 heterocycles. The molecule has 1 unspecified atom stereocenters. The van der Waals surface area contributed by atoms with E-state index in [1.807, 2.05) is 10.8 Å². The van der Waals surface area contributed by atoms with E-state index in [1.165, 1.54) is 6.33 Å². The van der Waals surface area contributed by atoms with Crippen LogP contribution < -0.4 is 0 Å². The van der Waals surface area contributed by atoms with Gasteiger partial charge in [-0.15, -0.1) is 0 Å². The molecular formula is C11H11ClIN3O3. The number of rotatable bonds is 2. The molecule has 1 aliphatic rings. The summed E-state index contributed by atoms with van der Waals surface area (Å²) in [7, 11) is 0. The molecular weight excluding hydrogens is 384 g/mol. The van der Waals surface area contributed by atoms with Crippen LogP contribution in [0.3, 0.4) is 0 Å². The van der Waals surface area contributed by atoms with Gasteiger partial charge in [0.25, 0.3) is 0 Å². The zero-order chi connectivity index (χ0) is 13.6. The Morgan fingerprint density at radius 2 is 2.32 bits per heavy atom. The van der Waals surface area contributed by atoms with Crippen molar-refractivity contribution in [3.63, 3.8) is 0 Å². The van der Waals surface area contributed by atoms with E-state index in [9.17, 15) is 5.11 Å². The smallest absolute Gasteiger partial charge is 0.148 e. The monoisotopic (exact) mass is 395 g/mol. The third-order valence-corrected chi connectivity index (χ3v) is 4.32. The first kappa shape index (κ1) is 13.5. The van der Waals surface area contributed by atoms with Gasteiger partial charge in [-0.1, -0.05) is 11.6 Å². The van der Waals surface area contributed by atoms with Crippen molar-refractivity contribution in [2.75, 3.05) is 6.61 Å². The van der Waals surface area contributed by atoms with Gasteiger partial charge in [0, 0.05) is 16.2 Å². The number of aromatic nitrogens is 3. The van der Waals surface area contributed by atoms with Crippen molar-refractivity contribution in [2.24, 2.45) is 0 Å². The summed E-state index contributed by atoms with van der Waals surface area (Å²) in [6.45, 7) is -0.205. The number of halogens is 2. The molecule has 0 amide bonds. The van der Waals surface area contributed by atoms with Crippen molar-refractivity contribution < 1.29 is 14.9 Å². The van der Waals surface area contributed by atoms with Crippen molar-refractivity contribution in [2.45, 2.75) is 24.9 Å². The van der Waals surface area contributed by atoms with E-state index < -0.39 is 12.2 Å². The Morgan fingerprint density at radius 1 is 1.53 bits per heavy atom. The second-order valence-corrected chi connectivity index (χ2v) is 5.88. The van der Waals surface area contributed by atoms with E-state index in [1.54, 1.807) is 0 Å².